The number of aryl methyl sites for hydroxylation is 1. The van der Waals surface area contributed by atoms with Gasteiger partial charge in [0.15, 0.2) is 6.61 Å². The van der Waals surface area contributed by atoms with Crippen molar-refractivity contribution in [1.29, 1.82) is 0 Å². The van der Waals surface area contributed by atoms with Gasteiger partial charge in [0, 0.05) is 17.5 Å². The monoisotopic (exact) mass is 419 g/mol. The molecule has 0 saturated carbocycles. The molecule has 1 amide bonds. The quantitative estimate of drug-likeness (QED) is 0.436. The summed E-state index contributed by atoms with van der Waals surface area (Å²) >= 11 is 0. The SMILES string of the molecule is CC[C@@H](C)[C@H](NC(=O)COc1ccc2c(C)cc(=O)oc2c1)c1nc2ccccc2[nH]1. The van der Waals surface area contributed by atoms with Crippen molar-refractivity contribution in [2.45, 2.75) is 33.2 Å². The summed E-state index contributed by atoms with van der Waals surface area (Å²) in [7, 11) is 0. The number of aromatic nitrogens is 2. The molecule has 0 spiro atoms. The molecular formula is C24H25N3O4. The highest BCUT2D eigenvalue weighted by Crippen LogP contribution is 2.25. The van der Waals surface area contributed by atoms with Gasteiger partial charge < -0.3 is 19.5 Å². The third-order valence-electron chi connectivity index (χ3n) is 5.52. The maximum atomic E-state index is 12.7. The lowest BCUT2D eigenvalue weighted by molar-refractivity contribution is -0.124. The molecule has 4 aromatic rings. The zero-order valence-electron chi connectivity index (χ0n) is 17.8. The van der Waals surface area contributed by atoms with Gasteiger partial charge in [-0.3, -0.25) is 4.79 Å². The molecule has 4 rings (SSSR count). The molecule has 0 bridgehead atoms. The first-order valence-corrected chi connectivity index (χ1v) is 10.4. The molecule has 7 heteroatoms. The van der Waals surface area contributed by atoms with Gasteiger partial charge in [0.05, 0.1) is 17.1 Å². The number of hydrogen-bond acceptors (Lipinski definition) is 5. The summed E-state index contributed by atoms with van der Waals surface area (Å²) in [6.45, 7) is 5.84. The van der Waals surface area contributed by atoms with Crippen molar-refractivity contribution < 1.29 is 13.9 Å². The number of aromatic amines is 1. The van der Waals surface area contributed by atoms with Crippen molar-refractivity contribution in [3.8, 4) is 5.75 Å². The second-order valence-electron chi connectivity index (χ2n) is 7.76. The fourth-order valence-corrected chi connectivity index (χ4v) is 3.59. The van der Waals surface area contributed by atoms with E-state index in [0.717, 1.165) is 34.2 Å². The Labute approximate surface area is 179 Å². The van der Waals surface area contributed by atoms with Crippen LogP contribution in [0.2, 0.25) is 0 Å². The molecule has 2 N–H and O–H groups in total. The van der Waals surface area contributed by atoms with Gasteiger partial charge in [0.2, 0.25) is 0 Å². The van der Waals surface area contributed by atoms with Crippen LogP contribution in [0.1, 0.15) is 37.7 Å². The lowest BCUT2D eigenvalue weighted by Gasteiger charge is -2.22. The topological polar surface area (TPSA) is 97.2 Å². The van der Waals surface area contributed by atoms with Crippen LogP contribution < -0.4 is 15.7 Å². The van der Waals surface area contributed by atoms with E-state index in [1.165, 1.54) is 6.07 Å². The van der Waals surface area contributed by atoms with Crippen LogP contribution in [-0.4, -0.2) is 22.5 Å². The molecule has 7 nitrogen and oxygen atoms in total. The van der Waals surface area contributed by atoms with Gasteiger partial charge in [0.25, 0.3) is 5.91 Å². The molecule has 0 aliphatic heterocycles. The average Bonchev–Trinajstić information content (AvgIpc) is 3.19. The van der Waals surface area contributed by atoms with Crippen LogP contribution in [0.4, 0.5) is 0 Å². The molecule has 0 aliphatic carbocycles. The standard InChI is InChI=1S/C24H25N3O4/c1-4-14(2)23(24-25-18-7-5-6-8-19(18)26-24)27-21(28)13-30-16-9-10-17-15(3)11-22(29)31-20(17)12-16/h5-12,14,23H,4,13H2,1-3H3,(H,25,26)(H,27,28)/t14-,23+/m1/s1. The van der Waals surface area contributed by atoms with Crippen LogP contribution >= 0.6 is 0 Å². The van der Waals surface area contributed by atoms with Crippen molar-refractivity contribution >= 4 is 27.9 Å². The molecule has 0 aliphatic rings. The Morgan fingerprint density at radius 3 is 2.81 bits per heavy atom. The molecule has 160 valence electrons. The number of nitrogens with zero attached hydrogens (tertiary/aromatic N) is 1. The van der Waals surface area contributed by atoms with Crippen molar-refractivity contribution in [3.05, 3.63) is 70.3 Å². The van der Waals surface area contributed by atoms with E-state index >= 15 is 0 Å². The summed E-state index contributed by atoms with van der Waals surface area (Å²) in [5.74, 6) is 1.12. The number of benzene rings is 2. The van der Waals surface area contributed by atoms with Crippen LogP contribution in [0.3, 0.4) is 0 Å². The normalized spacial score (nSPS) is 13.3. The summed E-state index contributed by atoms with van der Waals surface area (Å²) in [6, 6.07) is 14.2. The van der Waals surface area contributed by atoms with Crippen LogP contribution in [-0.2, 0) is 4.79 Å². The third kappa shape index (κ3) is 4.45. The second-order valence-corrected chi connectivity index (χ2v) is 7.76. The number of ether oxygens (including phenoxy) is 1. The number of amides is 1. The van der Waals surface area contributed by atoms with E-state index in [1.807, 2.05) is 37.3 Å². The van der Waals surface area contributed by atoms with Gasteiger partial charge in [-0.05, 0) is 42.7 Å². The second kappa shape index (κ2) is 8.63. The van der Waals surface area contributed by atoms with Gasteiger partial charge in [-0.25, -0.2) is 9.78 Å². The number of hydrogen-bond donors (Lipinski definition) is 2. The summed E-state index contributed by atoms with van der Waals surface area (Å²) in [5, 5.41) is 3.87. The number of H-pyrrole nitrogens is 1. The first kappa shape index (κ1) is 20.7. The van der Waals surface area contributed by atoms with E-state index in [2.05, 4.69) is 29.1 Å². The minimum absolute atomic E-state index is 0.158. The van der Waals surface area contributed by atoms with Crippen LogP contribution in [0.15, 0.2) is 57.7 Å². The molecule has 2 heterocycles. The molecule has 0 saturated heterocycles. The molecular weight excluding hydrogens is 394 g/mol. The highest BCUT2D eigenvalue weighted by atomic mass is 16.5. The Bertz CT molecular complexity index is 1260. The minimum Gasteiger partial charge on any atom is -0.484 e. The lowest BCUT2D eigenvalue weighted by atomic mass is 9.98. The predicted molar refractivity (Wildman–Crippen MR) is 119 cm³/mol. The van der Waals surface area contributed by atoms with Crippen molar-refractivity contribution in [2.24, 2.45) is 5.92 Å². The Morgan fingerprint density at radius 1 is 1.23 bits per heavy atom. The predicted octanol–water partition coefficient (Wildman–Crippen LogP) is 4.26. The maximum absolute atomic E-state index is 12.7. The molecule has 2 aromatic carbocycles. The first-order chi connectivity index (χ1) is 14.9. The zero-order valence-corrected chi connectivity index (χ0v) is 17.8. The summed E-state index contributed by atoms with van der Waals surface area (Å²) in [6.07, 6.45) is 0.881. The Balaban J connectivity index is 1.48. The van der Waals surface area contributed by atoms with Crippen LogP contribution in [0.5, 0.6) is 5.75 Å². The molecule has 0 fully saturated rings. The zero-order chi connectivity index (χ0) is 22.0. The van der Waals surface area contributed by atoms with E-state index in [-0.39, 0.29) is 24.5 Å². The fraction of sp³-hybridized carbons (Fsp3) is 0.292. The van der Waals surface area contributed by atoms with Crippen molar-refractivity contribution in [2.75, 3.05) is 6.61 Å². The Hall–Kier alpha value is -3.61. The highest BCUT2D eigenvalue weighted by Gasteiger charge is 2.23. The van der Waals surface area contributed by atoms with E-state index in [9.17, 15) is 9.59 Å². The van der Waals surface area contributed by atoms with Gasteiger partial charge in [-0.2, -0.15) is 0 Å². The number of imidazole rings is 1. The van der Waals surface area contributed by atoms with Gasteiger partial charge in [0.1, 0.15) is 17.2 Å². The van der Waals surface area contributed by atoms with E-state index in [1.54, 1.807) is 12.1 Å². The molecule has 2 atom stereocenters. The Morgan fingerprint density at radius 2 is 2.03 bits per heavy atom. The van der Waals surface area contributed by atoms with E-state index in [0.29, 0.717) is 11.3 Å². The summed E-state index contributed by atoms with van der Waals surface area (Å²) < 4.78 is 10.9. The number of para-hydroxylation sites is 2. The first-order valence-electron chi connectivity index (χ1n) is 10.4. The number of rotatable bonds is 7. The number of nitrogens with one attached hydrogen (secondary N) is 2. The van der Waals surface area contributed by atoms with Crippen LogP contribution in [0.25, 0.3) is 22.0 Å². The van der Waals surface area contributed by atoms with E-state index < -0.39 is 5.63 Å². The van der Waals surface area contributed by atoms with Crippen molar-refractivity contribution in [1.82, 2.24) is 15.3 Å². The smallest absolute Gasteiger partial charge is 0.336 e. The lowest BCUT2D eigenvalue weighted by Crippen LogP contribution is -2.36. The van der Waals surface area contributed by atoms with Crippen LogP contribution in [0, 0.1) is 12.8 Å². The number of carbonyl (C=O) groups excluding carboxylic acids is 1. The molecule has 2 aromatic heterocycles. The van der Waals surface area contributed by atoms with Gasteiger partial charge >= 0.3 is 5.63 Å². The molecule has 0 radical (unpaired) electrons. The van der Waals surface area contributed by atoms with Crippen molar-refractivity contribution in [3.63, 3.8) is 0 Å². The van der Waals surface area contributed by atoms with Gasteiger partial charge in [-0.15, -0.1) is 0 Å². The fourth-order valence-electron chi connectivity index (χ4n) is 3.59. The van der Waals surface area contributed by atoms with E-state index in [4.69, 9.17) is 9.15 Å². The minimum atomic E-state index is -0.415. The average molecular weight is 419 g/mol. The Kier molecular flexibility index (Phi) is 5.75. The molecule has 31 heavy (non-hydrogen) atoms. The number of fused-ring (bicyclic) bond motifs is 2. The number of carbonyl (C=O) groups is 1. The molecule has 0 unspecified atom stereocenters. The summed E-state index contributed by atoms with van der Waals surface area (Å²) in [4.78, 5) is 32.2. The largest absolute Gasteiger partial charge is 0.484 e. The summed E-state index contributed by atoms with van der Waals surface area (Å²) in [5.41, 5.74) is 2.65. The highest BCUT2D eigenvalue weighted by molar-refractivity contribution is 5.82. The maximum Gasteiger partial charge on any atom is 0.336 e. The van der Waals surface area contributed by atoms with Gasteiger partial charge in [-0.1, -0.05) is 32.4 Å². The third-order valence-corrected chi connectivity index (χ3v) is 5.52.